The standard InChI is InChI=1S/C22H24ClF3N6O.H2S/c1-13(12-33)28-18-9-15(16(23)10-27-18)14-8-17-19-29-30-20(21(4-2-5-21)22(24,25)26)32(19)7-3-6-31(17)11-14;/h8-11,13,33H,2-7,12H2,1H3,(H,27,28);1H2/t13-;/m0./s1. The molecule has 3 aromatic rings. The van der Waals surface area contributed by atoms with Gasteiger partial charge in [-0.2, -0.15) is 26.7 Å². The van der Waals surface area contributed by atoms with E-state index in [1.807, 2.05) is 23.8 Å². The van der Waals surface area contributed by atoms with Crippen LogP contribution in [0.1, 0.15) is 38.4 Å². The number of hydrogen-bond donors (Lipinski definition) is 2. The van der Waals surface area contributed by atoms with Crippen LogP contribution in [0.25, 0.3) is 22.6 Å². The molecule has 2 aliphatic rings. The number of nitrogens with one attached hydrogen (secondary N) is 1. The molecule has 184 valence electrons. The molecule has 0 spiro atoms. The van der Waals surface area contributed by atoms with Crippen LogP contribution >= 0.6 is 25.1 Å². The van der Waals surface area contributed by atoms with Crippen molar-refractivity contribution in [3.8, 4) is 22.6 Å². The smallest absolute Gasteiger partial charge is 0.394 e. The Morgan fingerprint density at radius 2 is 1.97 bits per heavy atom. The van der Waals surface area contributed by atoms with Crippen LogP contribution in [0.5, 0.6) is 0 Å². The second-order valence-corrected chi connectivity index (χ2v) is 9.28. The lowest BCUT2D eigenvalue weighted by Gasteiger charge is -2.42. The molecule has 3 aromatic heterocycles. The average Bonchev–Trinajstić information content (AvgIpc) is 3.28. The van der Waals surface area contributed by atoms with Gasteiger partial charge in [0.2, 0.25) is 0 Å². The Balaban J connectivity index is 0.00000274. The molecule has 1 aliphatic heterocycles. The number of fused-ring (bicyclic) bond motifs is 3. The van der Waals surface area contributed by atoms with Crippen LogP contribution in [-0.2, 0) is 18.5 Å². The van der Waals surface area contributed by atoms with Crippen molar-refractivity contribution in [2.24, 2.45) is 0 Å². The van der Waals surface area contributed by atoms with Gasteiger partial charge in [0.05, 0.1) is 17.3 Å². The van der Waals surface area contributed by atoms with Crippen molar-refractivity contribution in [3.63, 3.8) is 0 Å². The highest BCUT2D eigenvalue weighted by Crippen LogP contribution is 2.54. The molecule has 0 aromatic carbocycles. The maximum absolute atomic E-state index is 14.0. The number of alkyl halides is 3. The van der Waals surface area contributed by atoms with Gasteiger partial charge in [-0.25, -0.2) is 4.98 Å². The molecule has 2 N–H and O–H groups in total. The predicted octanol–water partition coefficient (Wildman–Crippen LogP) is 4.76. The predicted molar refractivity (Wildman–Crippen MR) is 128 cm³/mol. The van der Waals surface area contributed by atoms with Gasteiger partial charge in [-0.1, -0.05) is 18.0 Å². The highest BCUT2D eigenvalue weighted by Gasteiger charge is 2.62. The number of hydrogen-bond acceptors (Lipinski definition) is 5. The fourth-order valence-electron chi connectivity index (χ4n) is 4.69. The molecular weight excluding hydrogens is 489 g/mol. The molecule has 1 aliphatic carbocycles. The van der Waals surface area contributed by atoms with Crippen molar-refractivity contribution in [2.45, 2.75) is 63.3 Å². The molecule has 0 bridgehead atoms. The lowest BCUT2D eigenvalue weighted by Crippen LogP contribution is -2.49. The van der Waals surface area contributed by atoms with Crippen molar-refractivity contribution < 1.29 is 18.3 Å². The highest BCUT2D eigenvalue weighted by molar-refractivity contribution is 7.59. The molecular formula is C22H26ClF3N6OS. The molecule has 34 heavy (non-hydrogen) atoms. The second-order valence-electron chi connectivity index (χ2n) is 8.87. The molecule has 1 saturated carbocycles. The van der Waals surface area contributed by atoms with E-state index in [4.69, 9.17) is 11.6 Å². The van der Waals surface area contributed by atoms with Gasteiger partial charge in [0.25, 0.3) is 0 Å². The molecule has 5 rings (SSSR count). The Hall–Kier alpha value is -2.24. The maximum Gasteiger partial charge on any atom is 0.401 e. The SMILES string of the molecule is C[C@@H](CO)Nc1cc(-c2cc3n(c2)CCCn2c-3nnc2C2(C(F)(F)F)CCC2)c(Cl)cn1.S. The number of nitrogens with zero attached hydrogens (tertiary/aromatic N) is 5. The lowest BCUT2D eigenvalue weighted by molar-refractivity contribution is -0.216. The third-order valence-corrected chi connectivity index (χ3v) is 6.97. The fraction of sp³-hybridized carbons (Fsp3) is 0.500. The zero-order valence-corrected chi connectivity index (χ0v) is 20.3. The van der Waals surface area contributed by atoms with E-state index in [1.54, 1.807) is 10.6 Å². The number of halogens is 4. The molecule has 1 fully saturated rings. The topological polar surface area (TPSA) is 80.8 Å². The second kappa shape index (κ2) is 9.09. The summed E-state index contributed by atoms with van der Waals surface area (Å²) in [6.45, 7) is 2.87. The molecule has 0 unspecified atom stereocenters. The summed E-state index contributed by atoms with van der Waals surface area (Å²) in [5.41, 5.74) is 0.353. The molecule has 4 heterocycles. The summed E-state index contributed by atoms with van der Waals surface area (Å²) >= 11 is 6.43. The number of anilines is 1. The van der Waals surface area contributed by atoms with E-state index in [2.05, 4.69) is 20.5 Å². The quantitative estimate of drug-likeness (QED) is 0.513. The monoisotopic (exact) mass is 514 g/mol. The lowest BCUT2D eigenvalue weighted by atomic mass is 9.67. The minimum atomic E-state index is -4.35. The number of rotatable bonds is 5. The van der Waals surface area contributed by atoms with Crippen LogP contribution in [0.3, 0.4) is 0 Å². The molecule has 0 amide bonds. The minimum absolute atomic E-state index is 0. The van der Waals surface area contributed by atoms with E-state index in [0.29, 0.717) is 48.3 Å². The molecule has 0 radical (unpaired) electrons. The van der Waals surface area contributed by atoms with E-state index in [9.17, 15) is 18.3 Å². The first kappa shape index (κ1) is 24.9. The molecule has 1 atom stereocenters. The van der Waals surface area contributed by atoms with E-state index in [0.717, 1.165) is 11.1 Å². The molecule has 0 saturated heterocycles. The van der Waals surface area contributed by atoms with Crippen molar-refractivity contribution >= 4 is 30.9 Å². The summed E-state index contributed by atoms with van der Waals surface area (Å²) < 4.78 is 45.6. The third kappa shape index (κ3) is 3.97. The summed E-state index contributed by atoms with van der Waals surface area (Å²) in [6.07, 6.45) is 0.421. The fourth-order valence-corrected chi connectivity index (χ4v) is 4.90. The Morgan fingerprint density at radius 1 is 1.21 bits per heavy atom. The largest absolute Gasteiger partial charge is 0.401 e. The first-order valence-corrected chi connectivity index (χ1v) is 11.4. The van der Waals surface area contributed by atoms with E-state index < -0.39 is 11.6 Å². The van der Waals surface area contributed by atoms with Crippen LogP contribution in [0.4, 0.5) is 19.0 Å². The van der Waals surface area contributed by atoms with Crippen molar-refractivity contribution in [2.75, 3.05) is 11.9 Å². The summed E-state index contributed by atoms with van der Waals surface area (Å²) in [6, 6.07) is 3.51. The van der Waals surface area contributed by atoms with Crippen molar-refractivity contribution in [1.29, 1.82) is 0 Å². The normalized spacial score (nSPS) is 17.6. The zero-order chi connectivity index (χ0) is 23.4. The van der Waals surface area contributed by atoms with Crippen LogP contribution in [-0.4, -0.2) is 48.2 Å². The first-order chi connectivity index (χ1) is 15.7. The highest BCUT2D eigenvalue weighted by atomic mass is 35.5. The van der Waals surface area contributed by atoms with Crippen LogP contribution < -0.4 is 5.32 Å². The maximum atomic E-state index is 14.0. The van der Waals surface area contributed by atoms with E-state index in [1.165, 1.54) is 6.20 Å². The molecule has 7 nitrogen and oxygen atoms in total. The van der Waals surface area contributed by atoms with Crippen LogP contribution in [0.2, 0.25) is 5.02 Å². The van der Waals surface area contributed by atoms with Gasteiger partial charge in [-0.15, -0.1) is 10.2 Å². The van der Waals surface area contributed by atoms with Crippen molar-refractivity contribution in [1.82, 2.24) is 24.3 Å². The third-order valence-electron chi connectivity index (χ3n) is 6.67. The van der Waals surface area contributed by atoms with Gasteiger partial charge in [0.15, 0.2) is 5.82 Å². The number of aliphatic hydroxyl groups is 1. The van der Waals surface area contributed by atoms with Crippen molar-refractivity contribution in [3.05, 3.63) is 35.4 Å². The summed E-state index contributed by atoms with van der Waals surface area (Å²) in [5.74, 6) is 1.04. The Labute approximate surface area is 206 Å². The summed E-state index contributed by atoms with van der Waals surface area (Å²) in [5, 5.41) is 21.1. The van der Waals surface area contributed by atoms with Gasteiger partial charge >= 0.3 is 6.18 Å². The minimum Gasteiger partial charge on any atom is -0.394 e. The Morgan fingerprint density at radius 3 is 2.62 bits per heavy atom. The van der Waals surface area contributed by atoms with Crippen LogP contribution in [0, 0.1) is 0 Å². The van der Waals surface area contributed by atoms with E-state index >= 15 is 0 Å². The summed E-state index contributed by atoms with van der Waals surface area (Å²) in [4.78, 5) is 4.26. The van der Waals surface area contributed by atoms with Gasteiger partial charge in [-0.05, 0) is 38.3 Å². The van der Waals surface area contributed by atoms with E-state index in [-0.39, 0.29) is 44.8 Å². The first-order valence-electron chi connectivity index (χ1n) is 11.0. The number of aryl methyl sites for hydroxylation is 1. The van der Waals surface area contributed by atoms with Gasteiger partial charge in [0, 0.05) is 42.7 Å². The average molecular weight is 515 g/mol. The molecule has 12 heteroatoms. The number of aliphatic hydroxyl groups excluding tert-OH is 1. The Kier molecular flexibility index (Phi) is 6.65. The van der Waals surface area contributed by atoms with Gasteiger partial charge in [0.1, 0.15) is 17.1 Å². The zero-order valence-electron chi connectivity index (χ0n) is 18.5. The van der Waals surface area contributed by atoms with Gasteiger partial charge < -0.3 is 19.6 Å². The van der Waals surface area contributed by atoms with Crippen LogP contribution in [0.15, 0.2) is 24.5 Å². The Bertz CT molecular complexity index is 1190. The summed E-state index contributed by atoms with van der Waals surface area (Å²) in [7, 11) is 0. The van der Waals surface area contributed by atoms with Gasteiger partial charge in [-0.3, -0.25) is 0 Å². The number of pyridine rings is 1. The number of aromatic nitrogens is 5.